The van der Waals surface area contributed by atoms with E-state index in [1.807, 2.05) is 11.8 Å². The highest BCUT2D eigenvalue weighted by Crippen LogP contribution is 2.18. The van der Waals surface area contributed by atoms with E-state index >= 15 is 0 Å². The summed E-state index contributed by atoms with van der Waals surface area (Å²) in [5.74, 6) is 2.25. The molecule has 88 valence electrons. The van der Waals surface area contributed by atoms with Gasteiger partial charge in [-0.25, -0.2) is 4.79 Å². The van der Waals surface area contributed by atoms with Crippen LogP contribution in [0.3, 0.4) is 0 Å². The minimum Gasteiger partial charge on any atom is -0.463 e. The molecule has 1 unspecified atom stereocenters. The van der Waals surface area contributed by atoms with Crippen LogP contribution in [0.25, 0.3) is 0 Å². The third-order valence-corrected chi connectivity index (χ3v) is 3.79. The van der Waals surface area contributed by atoms with Crippen LogP contribution >= 0.6 is 11.8 Å². The van der Waals surface area contributed by atoms with Gasteiger partial charge in [0.15, 0.2) is 0 Å². The second kappa shape index (κ2) is 5.41. The molecular weight excluding hydrogens is 226 g/mol. The summed E-state index contributed by atoms with van der Waals surface area (Å²) in [5.41, 5.74) is 0.865. The highest BCUT2D eigenvalue weighted by atomic mass is 32.2. The SMILES string of the molecule is COC(=O)c1occc1CNC1CCSC1. The van der Waals surface area contributed by atoms with Crippen molar-refractivity contribution in [3.05, 3.63) is 23.7 Å². The molecule has 1 aliphatic heterocycles. The molecule has 1 N–H and O–H groups in total. The number of esters is 1. The molecule has 1 saturated heterocycles. The predicted molar refractivity (Wildman–Crippen MR) is 62.6 cm³/mol. The number of rotatable bonds is 4. The normalized spacial score (nSPS) is 19.9. The Morgan fingerprint density at radius 1 is 1.75 bits per heavy atom. The fourth-order valence-electron chi connectivity index (χ4n) is 1.70. The Labute approximate surface area is 98.7 Å². The lowest BCUT2D eigenvalue weighted by Crippen LogP contribution is -2.28. The van der Waals surface area contributed by atoms with Crippen LogP contribution in [0.5, 0.6) is 0 Å². The van der Waals surface area contributed by atoms with E-state index in [9.17, 15) is 4.79 Å². The maximum Gasteiger partial charge on any atom is 0.374 e. The van der Waals surface area contributed by atoms with Gasteiger partial charge in [-0.05, 0) is 18.2 Å². The van der Waals surface area contributed by atoms with E-state index in [1.165, 1.54) is 25.5 Å². The van der Waals surface area contributed by atoms with Gasteiger partial charge in [0.25, 0.3) is 0 Å². The largest absolute Gasteiger partial charge is 0.463 e. The summed E-state index contributed by atoms with van der Waals surface area (Å²) in [6.45, 7) is 0.659. The molecule has 0 saturated carbocycles. The maximum absolute atomic E-state index is 11.3. The smallest absolute Gasteiger partial charge is 0.374 e. The summed E-state index contributed by atoms with van der Waals surface area (Å²) in [6, 6.07) is 2.35. The lowest BCUT2D eigenvalue weighted by Gasteiger charge is -2.10. The molecule has 1 aromatic rings. The molecule has 0 aliphatic carbocycles. The third-order valence-electron chi connectivity index (χ3n) is 2.63. The number of nitrogens with one attached hydrogen (secondary N) is 1. The number of carbonyl (C=O) groups is 1. The van der Waals surface area contributed by atoms with Gasteiger partial charge in [-0.3, -0.25) is 0 Å². The van der Waals surface area contributed by atoms with E-state index in [0.717, 1.165) is 11.3 Å². The van der Waals surface area contributed by atoms with Crippen LogP contribution in [-0.2, 0) is 11.3 Å². The van der Waals surface area contributed by atoms with Crippen molar-refractivity contribution >= 4 is 17.7 Å². The maximum atomic E-state index is 11.3. The monoisotopic (exact) mass is 241 g/mol. The lowest BCUT2D eigenvalue weighted by atomic mass is 10.2. The zero-order chi connectivity index (χ0) is 11.4. The van der Waals surface area contributed by atoms with Crippen molar-refractivity contribution in [3.63, 3.8) is 0 Å². The molecule has 1 atom stereocenters. The highest BCUT2D eigenvalue weighted by Gasteiger charge is 2.18. The van der Waals surface area contributed by atoms with Gasteiger partial charge in [0.2, 0.25) is 5.76 Å². The first-order chi connectivity index (χ1) is 7.81. The Balaban J connectivity index is 1.93. The Morgan fingerprint density at radius 2 is 2.62 bits per heavy atom. The second-order valence-electron chi connectivity index (χ2n) is 3.71. The number of ether oxygens (including phenoxy) is 1. The fraction of sp³-hybridized carbons (Fsp3) is 0.545. The van der Waals surface area contributed by atoms with E-state index in [0.29, 0.717) is 18.3 Å². The van der Waals surface area contributed by atoms with Crippen LogP contribution in [0.4, 0.5) is 0 Å². The van der Waals surface area contributed by atoms with Crippen LogP contribution in [0.2, 0.25) is 0 Å². The summed E-state index contributed by atoms with van der Waals surface area (Å²) in [6.07, 6.45) is 2.71. The van der Waals surface area contributed by atoms with Crippen LogP contribution in [0.15, 0.2) is 16.7 Å². The first-order valence-corrected chi connectivity index (χ1v) is 6.42. The van der Waals surface area contributed by atoms with E-state index in [2.05, 4.69) is 10.1 Å². The molecule has 1 aliphatic rings. The molecule has 16 heavy (non-hydrogen) atoms. The first-order valence-electron chi connectivity index (χ1n) is 5.27. The van der Waals surface area contributed by atoms with Crippen LogP contribution < -0.4 is 5.32 Å². The number of carbonyl (C=O) groups excluding carboxylic acids is 1. The van der Waals surface area contributed by atoms with Crippen molar-refractivity contribution < 1.29 is 13.9 Å². The van der Waals surface area contributed by atoms with E-state index in [4.69, 9.17) is 4.42 Å². The first kappa shape index (κ1) is 11.5. The van der Waals surface area contributed by atoms with Crippen LogP contribution in [0, 0.1) is 0 Å². The average molecular weight is 241 g/mol. The van der Waals surface area contributed by atoms with Crippen molar-refractivity contribution in [2.45, 2.75) is 19.0 Å². The zero-order valence-corrected chi connectivity index (χ0v) is 10.0. The second-order valence-corrected chi connectivity index (χ2v) is 4.86. The van der Waals surface area contributed by atoms with Crippen LogP contribution in [0.1, 0.15) is 22.5 Å². The van der Waals surface area contributed by atoms with Gasteiger partial charge in [-0.2, -0.15) is 11.8 Å². The molecule has 2 heterocycles. The summed E-state index contributed by atoms with van der Waals surface area (Å²) in [5, 5.41) is 3.41. The zero-order valence-electron chi connectivity index (χ0n) is 9.19. The molecule has 1 fully saturated rings. The Bertz CT molecular complexity index is 358. The highest BCUT2D eigenvalue weighted by molar-refractivity contribution is 7.99. The molecule has 1 aromatic heterocycles. The van der Waals surface area contributed by atoms with Crippen molar-refractivity contribution in [2.75, 3.05) is 18.6 Å². The van der Waals surface area contributed by atoms with Gasteiger partial charge in [0.05, 0.1) is 13.4 Å². The fourth-order valence-corrected chi connectivity index (χ4v) is 2.88. The minimum absolute atomic E-state index is 0.306. The number of furan rings is 1. The van der Waals surface area contributed by atoms with Gasteiger partial charge < -0.3 is 14.5 Å². The third kappa shape index (κ3) is 2.59. The molecule has 5 heteroatoms. The molecule has 0 amide bonds. The van der Waals surface area contributed by atoms with E-state index < -0.39 is 5.97 Å². The number of hydrogen-bond acceptors (Lipinski definition) is 5. The standard InChI is InChI=1S/C11H15NO3S/c1-14-11(13)10-8(2-4-15-10)6-12-9-3-5-16-7-9/h2,4,9,12H,3,5-7H2,1H3. The Kier molecular flexibility index (Phi) is 3.90. The van der Waals surface area contributed by atoms with Crippen molar-refractivity contribution in [2.24, 2.45) is 0 Å². The molecular formula is C11H15NO3S. The van der Waals surface area contributed by atoms with Gasteiger partial charge in [-0.1, -0.05) is 0 Å². The van der Waals surface area contributed by atoms with Gasteiger partial charge in [0, 0.05) is 23.9 Å². The summed E-state index contributed by atoms with van der Waals surface area (Å²) in [7, 11) is 1.36. The number of hydrogen-bond donors (Lipinski definition) is 1. The lowest BCUT2D eigenvalue weighted by molar-refractivity contribution is 0.0563. The summed E-state index contributed by atoms with van der Waals surface area (Å²) in [4.78, 5) is 11.3. The van der Waals surface area contributed by atoms with Crippen molar-refractivity contribution in [3.8, 4) is 0 Å². The van der Waals surface area contributed by atoms with Crippen molar-refractivity contribution in [1.82, 2.24) is 5.32 Å². The minimum atomic E-state index is -0.414. The molecule has 0 bridgehead atoms. The molecule has 2 rings (SSSR count). The topological polar surface area (TPSA) is 51.5 Å². The summed E-state index contributed by atoms with van der Waals surface area (Å²) >= 11 is 1.96. The van der Waals surface area contributed by atoms with Gasteiger partial charge in [0.1, 0.15) is 0 Å². The predicted octanol–water partition coefficient (Wildman–Crippen LogP) is 1.66. The van der Waals surface area contributed by atoms with E-state index in [1.54, 1.807) is 6.07 Å². The molecule has 4 nitrogen and oxygen atoms in total. The molecule has 0 aromatic carbocycles. The Hall–Kier alpha value is -0.940. The number of thioether (sulfide) groups is 1. The van der Waals surface area contributed by atoms with Gasteiger partial charge in [-0.15, -0.1) is 0 Å². The Morgan fingerprint density at radius 3 is 3.31 bits per heavy atom. The van der Waals surface area contributed by atoms with E-state index in [-0.39, 0.29) is 0 Å². The molecule has 0 radical (unpaired) electrons. The van der Waals surface area contributed by atoms with Crippen molar-refractivity contribution in [1.29, 1.82) is 0 Å². The summed E-state index contributed by atoms with van der Waals surface area (Å²) < 4.78 is 9.76. The quantitative estimate of drug-likeness (QED) is 0.812. The average Bonchev–Trinajstić information content (AvgIpc) is 2.96. The molecule has 0 spiro atoms. The number of methoxy groups -OCH3 is 1. The van der Waals surface area contributed by atoms with Crippen LogP contribution in [-0.4, -0.2) is 30.6 Å². The van der Waals surface area contributed by atoms with Gasteiger partial charge >= 0.3 is 5.97 Å².